The predicted molar refractivity (Wildman–Crippen MR) is 168 cm³/mol. The number of hydrogen-bond acceptors (Lipinski definition) is 6. The second-order valence-corrected chi connectivity index (χ2v) is 11.8. The Balaban J connectivity index is 2.59. The predicted octanol–water partition coefficient (Wildman–Crippen LogP) is 6.49. The van der Waals surface area contributed by atoms with Gasteiger partial charge in [0.25, 0.3) is 5.91 Å². The molecule has 0 radical (unpaired) electrons. The fourth-order valence-electron chi connectivity index (χ4n) is 4.31. The van der Waals surface area contributed by atoms with E-state index in [1.54, 1.807) is 63.1 Å². The quantitative estimate of drug-likeness (QED) is 0.234. The van der Waals surface area contributed by atoms with Crippen molar-refractivity contribution in [1.82, 2.24) is 10.2 Å². The molecular weight excluding hydrogens is 538 g/mol. The Kier molecular flexibility index (Phi) is 12.8. The zero-order valence-electron chi connectivity index (χ0n) is 25.3. The van der Waals surface area contributed by atoms with Gasteiger partial charge < -0.3 is 25.0 Å². The second kappa shape index (κ2) is 15.5. The second-order valence-electron chi connectivity index (χ2n) is 11.4. The van der Waals surface area contributed by atoms with Crippen LogP contribution in [0.3, 0.4) is 0 Å². The summed E-state index contributed by atoms with van der Waals surface area (Å²) in [5.74, 6) is 0.246. The van der Waals surface area contributed by atoms with Gasteiger partial charge in [0.15, 0.2) is 0 Å². The molecule has 0 bridgehead atoms. The molecule has 0 saturated carbocycles. The SMILES string of the molecule is C=Cc1cccc(C(C(=O)Nc2ccc(OC)cc2)N(C(=O)C(CS)NC(=O)OC(C)(C)C)C(C)CCC(C)C)c1. The van der Waals surface area contributed by atoms with Crippen molar-refractivity contribution in [3.8, 4) is 5.75 Å². The Morgan fingerprint density at radius 2 is 1.71 bits per heavy atom. The summed E-state index contributed by atoms with van der Waals surface area (Å²) >= 11 is 4.38. The average Bonchev–Trinajstić information content (AvgIpc) is 2.92. The Hall–Kier alpha value is -3.46. The van der Waals surface area contributed by atoms with Crippen LogP contribution in [-0.4, -0.2) is 53.4 Å². The van der Waals surface area contributed by atoms with E-state index < -0.39 is 35.6 Å². The van der Waals surface area contributed by atoms with Gasteiger partial charge in [-0.05, 0) is 87.9 Å². The van der Waals surface area contributed by atoms with Crippen molar-refractivity contribution in [3.05, 3.63) is 66.2 Å². The minimum absolute atomic E-state index is 0.0188. The molecule has 0 aliphatic carbocycles. The van der Waals surface area contributed by atoms with Crippen LogP contribution in [0.2, 0.25) is 0 Å². The number of carbonyl (C=O) groups excluding carboxylic acids is 3. The molecule has 0 saturated heterocycles. The van der Waals surface area contributed by atoms with Crippen LogP contribution in [0.1, 0.15) is 71.6 Å². The van der Waals surface area contributed by atoms with Gasteiger partial charge in [-0.15, -0.1) is 0 Å². The first-order chi connectivity index (χ1) is 19.3. The van der Waals surface area contributed by atoms with Crippen LogP contribution in [0.5, 0.6) is 5.75 Å². The fourth-order valence-corrected chi connectivity index (χ4v) is 4.55. The minimum Gasteiger partial charge on any atom is -0.497 e. The van der Waals surface area contributed by atoms with Crippen molar-refractivity contribution in [1.29, 1.82) is 0 Å². The molecule has 2 rings (SSSR count). The molecule has 3 unspecified atom stereocenters. The number of rotatable bonds is 13. The van der Waals surface area contributed by atoms with Crippen LogP contribution in [0.25, 0.3) is 6.08 Å². The van der Waals surface area contributed by atoms with Gasteiger partial charge in [-0.25, -0.2) is 4.79 Å². The molecule has 0 heterocycles. The third kappa shape index (κ3) is 10.5. The van der Waals surface area contributed by atoms with E-state index in [4.69, 9.17) is 9.47 Å². The van der Waals surface area contributed by atoms with E-state index in [1.807, 2.05) is 31.2 Å². The molecule has 41 heavy (non-hydrogen) atoms. The fraction of sp³-hybridized carbons (Fsp3) is 0.469. The molecule has 0 aromatic heterocycles. The van der Waals surface area contributed by atoms with Crippen LogP contribution >= 0.6 is 12.6 Å². The van der Waals surface area contributed by atoms with Gasteiger partial charge in [0.2, 0.25) is 5.91 Å². The number of amides is 3. The summed E-state index contributed by atoms with van der Waals surface area (Å²) in [6.07, 6.45) is 2.46. The van der Waals surface area contributed by atoms with Crippen LogP contribution in [-0.2, 0) is 14.3 Å². The Morgan fingerprint density at radius 3 is 2.24 bits per heavy atom. The van der Waals surface area contributed by atoms with Crippen molar-refractivity contribution in [3.63, 3.8) is 0 Å². The van der Waals surface area contributed by atoms with Gasteiger partial charge >= 0.3 is 6.09 Å². The number of nitrogens with zero attached hydrogens (tertiary/aromatic N) is 1. The number of anilines is 1. The minimum atomic E-state index is -1.02. The van der Waals surface area contributed by atoms with Crippen molar-refractivity contribution in [2.24, 2.45) is 5.92 Å². The largest absolute Gasteiger partial charge is 0.497 e. The maximum atomic E-state index is 14.3. The van der Waals surface area contributed by atoms with Gasteiger partial charge in [0.1, 0.15) is 23.4 Å². The van der Waals surface area contributed by atoms with Gasteiger partial charge in [0, 0.05) is 17.5 Å². The number of thiol groups is 1. The molecule has 2 aromatic carbocycles. The highest BCUT2D eigenvalue weighted by Crippen LogP contribution is 2.30. The molecule has 0 spiro atoms. The number of methoxy groups -OCH3 is 1. The lowest BCUT2D eigenvalue weighted by atomic mass is 9.96. The van der Waals surface area contributed by atoms with Gasteiger partial charge in [-0.1, -0.05) is 44.7 Å². The molecule has 2 aromatic rings. The lowest BCUT2D eigenvalue weighted by Crippen LogP contribution is -2.55. The zero-order valence-corrected chi connectivity index (χ0v) is 26.2. The standard InChI is InChI=1S/C32H45N3O5S/c1-9-23-11-10-12-24(19-23)28(29(36)33-25-15-17-26(39-8)18-16-25)35(22(4)14-13-21(2)3)30(37)27(20-41)34-31(38)40-32(5,6)7/h9-12,15-19,21-22,27-28,41H,1,13-14,20H2,2-8H3,(H,33,36)(H,34,38). The van der Waals surface area contributed by atoms with Gasteiger partial charge in [0.05, 0.1) is 7.11 Å². The Morgan fingerprint density at radius 1 is 1.05 bits per heavy atom. The molecule has 224 valence electrons. The van der Waals surface area contributed by atoms with E-state index >= 15 is 0 Å². The Bertz CT molecular complexity index is 1180. The number of hydrogen-bond donors (Lipinski definition) is 3. The number of carbonyl (C=O) groups is 3. The van der Waals surface area contributed by atoms with Gasteiger partial charge in [-0.2, -0.15) is 12.6 Å². The summed E-state index contributed by atoms with van der Waals surface area (Å²) in [7, 11) is 1.57. The third-order valence-corrected chi connectivity index (χ3v) is 6.77. The topological polar surface area (TPSA) is 97.0 Å². The summed E-state index contributed by atoms with van der Waals surface area (Å²) in [5.41, 5.74) is 1.24. The number of nitrogens with one attached hydrogen (secondary N) is 2. The van der Waals surface area contributed by atoms with E-state index in [9.17, 15) is 14.4 Å². The smallest absolute Gasteiger partial charge is 0.408 e. The van der Waals surface area contributed by atoms with Crippen molar-refractivity contribution in [2.75, 3.05) is 18.2 Å². The summed E-state index contributed by atoms with van der Waals surface area (Å²) < 4.78 is 10.6. The normalized spacial score (nSPS) is 13.5. The first-order valence-corrected chi connectivity index (χ1v) is 14.5. The monoisotopic (exact) mass is 583 g/mol. The highest BCUT2D eigenvalue weighted by molar-refractivity contribution is 7.80. The number of ether oxygens (including phenoxy) is 2. The number of alkyl carbamates (subject to hydrolysis) is 1. The number of benzene rings is 2. The van der Waals surface area contributed by atoms with Crippen molar-refractivity contribution < 1.29 is 23.9 Å². The van der Waals surface area contributed by atoms with Gasteiger partial charge in [-0.3, -0.25) is 9.59 Å². The first-order valence-electron chi connectivity index (χ1n) is 13.9. The van der Waals surface area contributed by atoms with Crippen LogP contribution in [0.4, 0.5) is 10.5 Å². The molecule has 0 aliphatic rings. The molecule has 0 fully saturated rings. The molecule has 8 nitrogen and oxygen atoms in total. The highest BCUT2D eigenvalue weighted by atomic mass is 32.1. The van der Waals surface area contributed by atoms with E-state index in [1.165, 1.54) is 0 Å². The van der Waals surface area contributed by atoms with Crippen LogP contribution in [0, 0.1) is 5.92 Å². The molecule has 9 heteroatoms. The average molecular weight is 584 g/mol. The lowest BCUT2D eigenvalue weighted by molar-refractivity contribution is -0.143. The maximum absolute atomic E-state index is 14.3. The molecule has 0 aliphatic heterocycles. The van der Waals surface area contributed by atoms with E-state index in [0.29, 0.717) is 29.3 Å². The first kappa shape index (κ1) is 33.7. The summed E-state index contributed by atoms with van der Waals surface area (Å²) in [5, 5.41) is 5.63. The Labute approximate surface area is 250 Å². The molecular formula is C32H45N3O5S. The van der Waals surface area contributed by atoms with Crippen LogP contribution in [0.15, 0.2) is 55.1 Å². The van der Waals surface area contributed by atoms with Crippen LogP contribution < -0.4 is 15.4 Å². The van der Waals surface area contributed by atoms with Crippen molar-refractivity contribution >= 4 is 42.3 Å². The summed E-state index contributed by atoms with van der Waals surface area (Å²) in [6.45, 7) is 15.3. The maximum Gasteiger partial charge on any atom is 0.408 e. The summed E-state index contributed by atoms with van der Waals surface area (Å²) in [4.78, 5) is 42.6. The third-order valence-electron chi connectivity index (χ3n) is 6.41. The zero-order chi connectivity index (χ0) is 30.7. The summed E-state index contributed by atoms with van der Waals surface area (Å²) in [6, 6.07) is 12.0. The molecule has 3 atom stereocenters. The van der Waals surface area contributed by atoms with E-state index in [2.05, 4.69) is 43.7 Å². The lowest BCUT2D eigenvalue weighted by Gasteiger charge is -2.38. The highest BCUT2D eigenvalue weighted by Gasteiger charge is 2.38. The van der Waals surface area contributed by atoms with E-state index in [0.717, 1.165) is 12.0 Å². The molecule has 2 N–H and O–H groups in total. The van der Waals surface area contributed by atoms with E-state index in [-0.39, 0.29) is 11.8 Å². The van der Waals surface area contributed by atoms with Crippen molar-refractivity contribution in [2.45, 2.75) is 78.1 Å². The molecule has 3 amide bonds.